The fraction of sp³-hybridized carbons (Fsp3) is 0.929. The summed E-state index contributed by atoms with van der Waals surface area (Å²) in [5.74, 6) is 0.466. The number of nitrogens with one attached hydrogen (secondary N) is 1. The smallest absolute Gasteiger partial charge is 0.236 e. The highest BCUT2D eigenvalue weighted by atomic mass is 35.5. The van der Waals surface area contributed by atoms with E-state index in [1.165, 1.54) is 0 Å². The van der Waals surface area contributed by atoms with Crippen LogP contribution in [0.25, 0.3) is 0 Å². The van der Waals surface area contributed by atoms with Gasteiger partial charge in [-0.05, 0) is 19.4 Å². The fourth-order valence-corrected chi connectivity index (χ4v) is 2.38. The van der Waals surface area contributed by atoms with Gasteiger partial charge in [-0.25, -0.2) is 0 Å². The first kappa shape index (κ1) is 19.6. The number of nitrogens with zero attached hydrogens (tertiary/aromatic N) is 2. The largest absolute Gasteiger partial charge is 0.354 e. The van der Waals surface area contributed by atoms with E-state index in [1.807, 2.05) is 6.92 Å². The molecule has 120 valence electrons. The number of hydrogen-bond donors (Lipinski definition) is 2. The third-order valence-corrected chi connectivity index (χ3v) is 3.73. The number of likely N-dealkylation sites (N-methyl/N-ethyl adjacent to an activating group) is 1. The van der Waals surface area contributed by atoms with Gasteiger partial charge in [-0.2, -0.15) is 0 Å². The van der Waals surface area contributed by atoms with Gasteiger partial charge in [0.25, 0.3) is 0 Å². The summed E-state index contributed by atoms with van der Waals surface area (Å²) < 4.78 is 0. The van der Waals surface area contributed by atoms with Gasteiger partial charge in [-0.15, -0.1) is 12.4 Å². The number of rotatable bonds is 7. The Morgan fingerprint density at radius 2 is 1.90 bits per heavy atom. The first-order chi connectivity index (χ1) is 9.02. The molecule has 2 unspecified atom stereocenters. The fourth-order valence-electron chi connectivity index (χ4n) is 2.38. The van der Waals surface area contributed by atoms with Crippen molar-refractivity contribution in [1.82, 2.24) is 15.1 Å². The highest BCUT2D eigenvalue weighted by Gasteiger charge is 2.17. The van der Waals surface area contributed by atoms with E-state index >= 15 is 0 Å². The molecule has 0 aromatic heterocycles. The second-order valence-electron chi connectivity index (χ2n) is 5.85. The summed E-state index contributed by atoms with van der Waals surface area (Å²) >= 11 is 0. The Morgan fingerprint density at radius 1 is 1.30 bits per heavy atom. The maximum absolute atomic E-state index is 11.7. The molecule has 0 spiro atoms. The second kappa shape index (κ2) is 10.4. The van der Waals surface area contributed by atoms with Crippen molar-refractivity contribution in [2.75, 3.05) is 46.3 Å². The van der Waals surface area contributed by atoms with Crippen LogP contribution in [-0.2, 0) is 4.79 Å². The lowest BCUT2D eigenvalue weighted by atomic mass is 10.1. The molecule has 2 atom stereocenters. The van der Waals surface area contributed by atoms with E-state index in [-0.39, 0.29) is 24.4 Å². The van der Waals surface area contributed by atoms with Crippen molar-refractivity contribution < 1.29 is 4.79 Å². The molecule has 1 aliphatic heterocycles. The van der Waals surface area contributed by atoms with Gasteiger partial charge >= 0.3 is 0 Å². The topological polar surface area (TPSA) is 61.6 Å². The second-order valence-corrected chi connectivity index (χ2v) is 5.85. The third kappa shape index (κ3) is 7.43. The van der Waals surface area contributed by atoms with E-state index in [0.29, 0.717) is 5.92 Å². The summed E-state index contributed by atoms with van der Waals surface area (Å²) in [6, 6.07) is -0.346. The molecule has 0 aliphatic carbocycles. The molecule has 0 saturated carbocycles. The number of carbonyl (C=O) groups excluding carboxylic acids is 1. The van der Waals surface area contributed by atoms with Gasteiger partial charge in [-0.3, -0.25) is 4.79 Å². The van der Waals surface area contributed by atoms with E-state index in [0.717, 1.165) is 52.1 Å². The minimum Gasteiger partial charge on any atom is -0.354 e. The molecular weight excluding hydrogens is 276 g/mol. The van der Waals surface area contributed by atoms with Gasteiger partial charge in [0.05, 0.1) is 6.04 Å². The van der Waals surface area contributed by atoms with Gasteiger partial charge in [0, 0.05) is 39.3 Å². The van der Waals surface area contributed by atoms with Gasteiger partial charge in [0.2, 0.25) is 5.91 Å². The van der Waals surface area contributed by atoms with Crippen LogP contribution in [-0.4, -0.2) is 68.1 Å². The molecule has 0 radical (unpaired) electrons. The number of nitrogens with two attached hydrogens (primary N) is 1. The Hall–Kier alpha value is -0.360. The summed E-state index contributed by atoms with van der Waals surface area (Å²) in [5.41, 5.74) is 5.79. The van der Waals surface area contributed by atoms with Crippen molar-refractivity contribution in [3.05, 3.63) is 0 Å². The molecule has 5 nitrogen and oxygen atoms in total. The van der Waals surface area contributed by atoms with Crippen LogP contribution in [0.3, 0.4) is 0 Å². The van der Waals surface area contributed by atoms with Crippen molar-refractivity contribution >= 4 is 18.3 Å². The molecule has 0 bridgehead atoms. The van der Waals surface area contributed by atoms with Crippen LogP contribution >= 0.6 is 12.4 Å². The lowest BCUT2D eigenvalue weighted by Crippen LogP contribution is -2.48. The SMILES string of the molecule is CCCC(N)C(=O)NCC(C)CN1CCN(C)CC1.Cl. The minimum absolute atomic E-state index is 0. The van der Waals surface area contributed by atoms with E-state index in [1.54, 1.807) is 0 Å². The van der Waals surface area contributed by atoms with Crippen molar-refractivity contribution in [2.24, 2.45) is 11.7 Å². The van der Waals surface area contributed by atoms with Crippen molar-refractivity contribution in [3.63, 3.8) is 0 Å². The predicted molar refractivity (Wildman–Crippen MR) is 86.2 cm³/mol. The molecule has 3 N–H and O–H groups in total. The monoisotopic (exact) mass is 306 g/mol. The summed E-state index contributed by atoms with van der Waals surface area (Å²) in [5, 5.41) is 2.96. The summed E-state index contributed by atoms with van der Waals surface area (Å²) in [6.07, 6.45) is 1.71. The lowest BCUT2D eigenvalue weighted by Gasteiger charge is -2.34. The highest BCUT2D eigenvalue weighted by Crippen LogP contribution is 2.04. The molecule has 0 aromatic rings. The van der Waals surface area contributed by atoms with E-state index in [9.17, 15) is 4.79 Å². The zero-order valence-corrected chi connectivity index (χ0v) is 13.9. The Bertz CT molecular complexity index is 270. The van der Waals surface area contributed by atoms with Crippen LogP contribution < -0.4 is 11.1 Å². The molecular formula is C14H31ClN4O. The number of piperazine rings is 1. The van der Waals surface area contributed by atoms with E-state index in [2.05, 4.69) is 29.1 Å². The maximum atomic E-state index is 11.7. The van der Waals surface area contributed by atoms with Crippen LogP contribution in [0.5, 0.6) is 0 Å². The van der Waals surface area contributed by atoms with Gasteiger partial charge < -0.3 is 20.9 Å². The molecule has 1 saturated heterocycles. The van der Waals surface area contributed by atoms with Gasteiger partial charge in [-0.1, -0.05) is 20.3 Å². The van der Waals surface area contributed by atoms with Crippen molar-refractivity contribution in [1.29, 1.82) is 0 Å². The number of carbonyl (C=O) groups is 1. The average Bonchev–Trinajstić information content (AvgIpc) is 2.39. The van der Waals surface area contributed by atoms with Crippen molar-refractivity contribution in [2.45, 2.75) is 32.7 Å². The minimum atomic E-state index is -0.346. The summed E-state index contributed by atoms with van der Waals surface area (Å²) in [4.78, 5) is 16.5. The van der Waals surface area contributed by atoms with Gasteiger partial charge in [0.1, 0.15) is 0 Å². The van der Waals surface area contributed by atoms with Crippen LogP contribution in [0, 0.1) is 5.92 Å². The lowest BCUT2D eigenvalue weighted by molar-refractivity contribution is -0.122. The highest BCUT2D eigenvalue weighted by molar-refractivity contribution is 5.85. The third-order valence-electron chi connectivity index (χ3n) is 3.73. The van der Waals surface area contributed by atoms with Crippen LogP contribution in [0.1, 0.15) is 26.7 Å². The zero-order chi connectivity index (χ0) is 14.3. The molecule has 1 rings (SSSR count). The Balaban J connectivity index is 0.00000361. The summed E-state index contributed by atoms with van der Waals surface area (Å²) in [6.45, 7) is 10.5. The summed E-state index contributed by atoms with van der Waals surface area (Å²) in [7, 11) is 2.16. The van der Waals surface area contributed by atoms with E-state index in [4.69, 9.17) is 5.73 Å². The molecule has 0 aromatic carbocycles. The van der Waals surface area contributed by atoms with Crippen LogP contribution in [0.4, 0.5) is 0 Å². The molecule has 20 heavy (non-hydrogen) atoms. The first-order valence-corrected chi connectivity index (χ1v) is 7.47. The number of amides is 1. The predicted octanol–water partition coefficient (Wildman–Crippen LogP) is 0.535. The molecule has 6 heteroatoms. The quantitative estimate of drug-likeness (QED) is 0.720. The molecule has 1 aliphatic rings. The Morgan fingerprint density at radius 3 is 2.45 bits per heavy atom. The standard InChI is InChI=1S/C14H30N4O.ClH/c1-4-5-13(15)14(19)16-10-12(2)11-18-8-6-17(3)7-9-18;/h12-13H,4-11,15H2,1-3H3,(H,16,19);1H. The Labute approximate surface area is 129 Å². The van der Waals surface area contributed by atoms with Crippen molar-refractivity contribution in [3.8, 4) is 0 Å². The molecule has 1 heterocycles. The Kier molecular flexibility index (Phi) is 10.2. The number of hydrogen-bond acceptors (Lipinski definition) is 4. The van der Waals surface area contributed by atoms with Crippen LogP contribution in [0.2, 0.25) is 0 Å². The van der Waals surface area contributed by atoms with E-state index < -0.39 is 0 Å². The van der Waals surface area contributed by atoms with Crippen LogP contribution in [0.15, 0.2) is 0 Å². The number of halogens is 1. The first-order valence-electron chi connectivity index (χ1n) is 7.47. The normalized spacial score (nSPS) is 20.0. The molecule has 1 fully saturated rings. The van der Waals surface area contributed by atoms with Gasteiger partial charge in [0.15, 0.2) is 0 Å². The maximum Gasteiger partial charge on any atom is 0.236 e. The zero-order valence-electron chi connectivity index (χ0n) is 13.1. The average molecular weight is 307 g/mol. The molecule has 1 amide bonds.